The van der Waals surface area contributed by atoms with Gasteiger partial charge >= 0.3 is 0 Å². The van der Waals surface area contributed by atoms with Crippen molar-refractivity contribution in [1.29, 1.82) is 0 Å². The molecule has 0 spiro atoms. The summed E-state index contributed by atoms with van der Waals surface area (Å²) >= 11 is 3.43. The molecule has 1 aromatic carbocycles. The number of halogens is 1. The van der Waals surface area contributed by atoms with Gasteiger partial charge in [0, 0.05) is 17.0 Å². The van der Waals surface area contributed by atoms with Gasteiger partial charge in [0.15, 0.2) is 0 Å². The van der Waals surface area contributed by atoms with Gasteiger partial charge in [0.2, 0.25) is 0 Å². The van der Waals surface area contributed by atoms with Gasteiger partial charge in [-0.1, -0.05) is 19.1 Å². The maximum atomic E-state index is 11.2. The Balaban J connectivity index is 1.30. The molecular weight excluding hydrogens is 484 g/mol. The highest BCUT2D eigenvalue weighted by molar-refractivity contribution is 9.10. The molecule has 8 nitrogen and oxygen atoms in total. The second kappa shape index (κ2) is 7.12. The van der Waals surface area contributed by atoms with E-state index in [1.807, 2.05) is 22.9 Å². The first-order valence-electron chi connectivity index (χ1n) is 11.1. The van der Waals surface area contributed by atoms with E-state index >= 15 is 0 Å². The number of fused-ring (bicyclic) bond motifs is 3. The van der Waals surface area contributed by atoms with Crippen molar-refractivity contribution >= 4 is 49.5 Å². The number of aliphatic hydroxyl groups is 2. The van der Waals surface area contributed by atoms with Gasteiger partial charge in [0.25, 0.3) is 0 Å². The number of aliphatic hydroxyl groups excluding tert-OH is 2. The zero-order valence-electron chi connectivity index (χ0n) is 18.1. The number of benzene rings is 1. The Morgan fingerprint density at radius 2 is 2.00 bits per heavy atom. The lowest BCUT2D eigenvalue weighted by Gasteiger charge is -2.28. The summed E-state index contributed by atoms with van der Waals surface area (Å²) in [5.41, 5.74) is 14.3. The first-order chi connectivity index (χ1) is 15.8. The molecule has 0 saturated heterocycles. The zero-order chi connectivity index (χ0) is 23.1. The number of hydrogen-bond donors (Lipinski definition) is 4. The topological polar surface area (TPSA) is 136 Å². The van der Waals surface area contributed by atoms with Crippen molar-refractivity contribution in [2.45, 2.75) is 38.0 Å². The largest absolute Gasteiger partial charge is 0.390 e. The van der Waals surface area contributed by atoms with Gasteiger partial charge < -0.3 is 26.2 Å². The molecule has 6 atom stereocenters. The fraction of sp³-hybridized carbons (Fsp3) is 0.375. The zero-order valence-corrected chi connectivity index (χ0v) is 19.6. The summed E-state index contributed by atoms with van der Waals surface area (Å²) in [6, 6.07) is 9.82. The smallest absolute Gasteiger partial charge is 0.145 e. The number of nitrogens with zero attached hydrogens (tertiary/aromatic N) is 4. The van der Waals surface area contributed by atoms with Gasteiger partial charge in [-0.05, 0) is 64.4 Å². The predicted octanol–water partition coefficient (Wildman–Crippen LogP) is 3.07. The van der Waals surface area contributed by atoms with Crippen molar-refractivity contribution in [3.05, 3.63) is 52.9 Å². The third-order valence-electron chi connectivity index (χ3n) is 7.92. The van der Waals surface area contributed by atoms with Crippen LogP contribution in [0, 0.1) is 17.3 Å². The molecule has 0 radical (unpaired) electrons. The molecule has 0 aliphatic heterocycles. The first-order valence-corrected chi connectivity index (χ1v) is 11.9. The first kappa shape index (κ1) is 20.8. The van der Waals surface area contributed by atoms with Crippen LogP contribution in [0.2, 0.25) is 0 Å². The average Bonchev–Trinajstić information content (AvgIpc) is 3.31. The fourth-order valence-corrected chi connectivity index (χ4v) is 6.50. The van der Waals surface area contributed by atoms with Crippen molar-refractivity contribution in [2.24, 2.45) is 17.3 Å². The van der Waals surface area contributed by atoms with Crippen LogP contribution in [0.4, 0.5) is 11.6 Å². The van der Waals surface area contributed by atoms with Gasteiger partial charge in [-0.25, -0.2) is 15.0 Å². The lowest BCUT2D eigenvalue weighted by atomic mass is 9.81. The molecule has 2 fully saturated rings. The Hall–Kier alpha value is -2.75. The molecule has 3 heterocycles. The summed E-state index contributed by atoms with van der Waals surface area (Å²) in [6.07, 6.45) is 3.31. The third kappa shape index (κ3) is 2.92. The summed E-state index contributed by atoms with van der Waals surface area (Å²) in [5, 5.41) is 24.0. The average molecular weight is 509 g/mol. The van der Waals surface area contributed by atoms with Gasteiger partial charge in [-0.3, -0.25) is 0 Å². The van der Waals surface area contributed by atoms with E-state index in [0.29, 0.717) is 17.3 Å². The van der Waals surface area contributed by atoms with Crippen LogP contribution in [-0.2, 0) is 6.42 Å². The van der Waals surface area contributed by atoms with Crippen molar-refractivity contribution in [2.75, 3.05) is 11.5 Å². The van der Waals surface area contributed by atoms with Crippen molar-refractivity contribution in [1.82, 2.24) is 19.5 Å². The fourth-order valence-electron chi connectivity index (χ4n) is 6.16. The molecule has 4 aromatic rings. The second-order valence-electron chi connectivity index (χ2n) is 9.56. The maximum absolute atomic E-state index is 11.2. The Labute approximate surface area is 198 Å². The van der Waals surface area contributed by atoms with E-state index in [1.54, 1.807) is 0 Å². The maximum Gasteiger partial charge on any atom is 0.145 e. The van der Waals surface area contributed by atoms with E-state index < -0.39 is 12.2 Å². The Morgan fingerprint density at radius 3 is 2.82 bits per heavy atom. The van der Waals surface area contributed by atoms with Crippen LogP contribution >= 0.6 is 15.9 Å². The third-order valence-corrected chi connectivity index (χ3v) is 8.56. The summed E-state index contributed by atoms with van der Waals surface area (Å²) in [5.74, 6) is 1.22. The molecule has 0 bridgehead atoms. The van der Waals surface area contributed by atoms with E-state index in [1.165, 1.54) is 6.33 Å². The Bertz CT molecular complexity index is 1410. The minimum atomic E-state index is -0.867. The Morgan fingerprint density at radius 1 is 1.18 bits per heavy atom. The SMILES string of the molecule is C[C@@H](Cc1ccc2cc(Br)c(N)nc2c1)[C@@]12C[C@@H]1[C@@H](n1ccc3c(N)ncnc31)[C@H](O)[C@@H]2O. The molecule has 3 aromatic heterocycles. The van der Waals surface area contributed by atoms with Crippen LogP contribution < -0.4 is 11.5 Å². The van der Waals surface area contributed by atoms with E-state index in [0.717, 1.165) is 39.2 Å². The van der Waals surface area contributed by atoms with Crippen LogP contribution in [0.1, 0.15) is 24.9 Å². The summed E-state index contributed by atoms with van der Waals surface area (Å²) < 4.78 is 2.75. The van der Waals surface area contributed by atoms with E-state index in [4.69, 9.17) is 11.5 Å². The monoisotopic (exact) mass is 508 g/mol. The number of anilines is 2. The van der Waals surface area contributed by atoms with E-state index in [2.05, 4.69) is 56.0 Å². The highest BCUT2D eigenvalue weighted by atomic mass is 79.9. The number of pyridine rings is 1. The van der Waals surface area contributed by atoms with Gasteiger partial charge in [-0.2, -0.15) is 0 Å². The van der Waals surface area contributed by atoms with E-state index in [9.17, 15) is 10.2 Å². The number of rotatable bonds is 4. The molecule has 2 aliphatic rings. The second-order valence-corrected chi connectivity index (χ2v) is 10.4. The quantitative estimate of drug-likeness (QED) is 0.332. The normalized spacial score (nSPS) is 29.5. The number of hydrogen-bond acceptors (Lipinski definition) is 7. The van der Waals surface area contributed by atoms with Crippen molar-refractivity contribution in [3.8, 4) is 0 Å². The van der Waals surface area contributed by atoms with Crippen LogP contribution in [0.15, 0.2) is 47.3 Å². The molecule has 33 heavy (non-hydrogen) atoms. The van der Waals surface area contributed by atoms with Crippen molar-refractivity contribution < 1.29 is 10.2 Å². The lowest BCUT2D eigenvalue weighted by Crippen LogP contribution is -2.37. The standard InChI is InChI=1S/C24H25BrN6O2/c1-11(6-12-2-3-13-8-16(25)22(27)30-17(13)7-12)24-9-15(24)18(19(32)20(24)33)31-5-4-14-21(26)28-10-29-23(14)31/h2-5,7-8,10-11,15,18-20,32-33H,6,9H2,1H3,(H2,27,30)(H2,26,28,29)/t11-,15+,18+,19-,20-,24-/m0/s1. The Kier molecular flexibility index (Phi) is 4.50. The molecule has 6 rings (SSSR count). The van der Waals surface area contributed by atoms with Crippen LogP contribution in [-0.4, -0.2) is 41.9 Å². The number of nitrogens with two attached hydrogens (primary N) is 2. The van der Waals surface area contributed by atoms with Crippen molar-refractivity contribution in [3.63, 3.8) is 0 Å². The molecule has 170 valence electrons. The molecule has 0 amide bonds. The van der Waals surface area contributed by atoms with Crippen LogP contribution in [0.5, 0.6) is 0 Å². The van der Waals surface area contributed by atoms with Crippen LogP contribution in [0.3, 0.4) is 0 Å². The molecular formula is C24H25BrN6O2. The lowest BCUT2D eigenvalue weighted by molar-refractivity contribution is -0.0299. The highest BCUT2D eigenvalue weighted by Gasteiger charge is 2.72. The minimum absolute atomic E-state index is 0.162. The van der Waals surface area contributed by atoms with Gasteiger partial charge in [0.05, 0.1) is 27.5 Å². The van der Waals surface area contributed by atoms with Crippen LogP contribution in [0.25, 0.3) is 21.9 Å². The van der Waals surface area contributed by atoms with Gasteiger partial charge in [-0.15, -0.1) is 0 Å². The van der Waals surface area contributed by atoms with E-state index in [-0.39, 0.29) is 23.3 Å². The molecule has 2 aliphatic carbocycles. The summed E-state index contributed by atoms with van der Waals surface area (Å²) in [6.45, 7) is 2.17. The predicted molar refractivity (Wildman–Crippen MR) is 130 cm³/mol. The minimum Gasteiger partial charge on any atom is -0.390 e. The number of nitrogen functional groups attached to an aromatic ring is 2. The molecule has 6 N–H and O–H groups in total. The highest BCUT2D eigenvalue weighted by Crippen LogP contribution is 2.71. The molecule has 0 unspecified atom stereocenters. The molecule has 9 heteroatoms. The molecule has 2 saturated carbocycles. The van der Waals surface area contributed by atoms with Gasteiger partial charge in [0.1, 0.15) is 29.7 Å². The summed E-state index contributed by atoms with van der Waals surface area (Å²) in [7, 11) is 0. The number of aromatic nitrogens is 4. The summed E-state index contributed by atoms with van der Waals surface area (Å²) in [4.78, 5) is 12.9.